The quantitative estimate of drug-likeness (QED) is 0.358. The third-order valence-electron chi connectivity index (χ3n) is 6.19. The molecule has 4 aromatic rings. The van der Waals surface area contributed by atoms with Crippen molar-refractivity contribution >= 4 is 45.3 Å². The molecule has 8 nitrogen and oxygen atoms in total. The maximum Gasteiger partial charge on any atom is 0.410 e. The SMILES string of the molecule is C[C@H]1CN(c2cnc3nc(-c4cc(F)c5nn(C)cc5c4)cc(Cl)c3c2)CCN1C(=O)OC(C)(C)C. The summed E-state index contributed by atoms with van der Waals surface area (Å²) in [5, 5.41) is 6.04. The van der Waals surface area contributed by atoms with Crippen molar-refractivity contribution in [2.24, 2.45) is 7.05 Å². The van der Waals surface area contributed by atoms with E-state index in [-0.39, 0.29) is 12.1 Å². The third-order valence-corrected chi connectivity index (χ3v) is 6.50. The van der Waals surface area contributed by atoms with E-state index in [0.29, 0.717) is 57.9 Å². The molecule has 188 valence electrons. The number of anilines is 1. The number of fused-ring (bicyclic) bond motifs is 2. The van der Waals surface area contributed by atoms with Gasteiger partial charge < -0.3 is 14.5 Å². The molecule has 1 atom stereocenters. The Hall–Kier alpha value is -3.46. The number of piperazine rings is 1. The van der Waals surface area contributed by atoms with Gasteiger partial charge in [-0.3, -0.25) is 4.68 Å². The van der Waals surface area contributed by atoms with Gasteiger partial charge in [0.25, 0.3) is 0 Å². The Morgan fingerprint density at radius 2 is 1.97 bits per heavy atom. The van der Waals surface area contributed by atoms with Crippen LogP contribution in [0.4, 0.5) is 14.9 Å². The van der Waals surface area contributed by atoms with Crippen LogP contribution in [0, 0.1) is 5.82 Å². The molecular weight excluding hydrogens is 483 g/mol. The predicted molar refractivity (Wildman–Crippen MR) is 139 cm³/mol. The second-order valence-corrected chi connectivity index (χ2v) is 10.6. The van der Waals surface area contributed by atoms with Gasteiger partial charge in [-0.15, -0.1) is 0 Å². The minimum absolute atomic E-state index is 0.0300. The molecule has 1 amide bonds. The van der Waals surface area contributed by atoms with Gasteiger partial charge in [-0.25, -0.2) is 19.2 Å². The molecule has 1 saturated heterocycles. The fourth-order valence-electron chi connectivity index (χ4n) is 4.52. The zero-order valence-corrected chi connectivity index (χ0v) is 21.7. The first-order valence-corrected chi connectivity index (χ1v) is 12.2. The van der Waals surface area contributed by atoms with Crippen LogP contribution in [0.15, 0.2) is 36.7 Å². The fourth-order valence-corrected chi connectivity index (χ4v) is 4.76. The molecule has 1 aliphatic heterocycles. The summed E-state index contributed by atoms with van der Waals surface area (Å²) in [6.45, 7) is 9.42. The molecule has 4 heterocycles. The number of aryl methyl sites for hydroxylation is 1. The number of hydrogen-bond acceptors (Lipinski definition) is 6. The summed E-state index contributed by atoms with van der Waals surface area (Å²) < 4.78 is 21.7. The van der Waals surface area contributed by atoms with E-state index in [0.717, 1.165) is 5.69 Å². The number of amides is 1. The fraction of sp³-hybridized carbons (Fsp3) is 0.385. The molecule has 0 bridgehead atoms. The molecule has 1 aliphatic rings. The zero-order valence-electron chi connectivity index (χ0n) is 20.9. The number of ether oxygens (including phenoxy) is 1. The zero-order chi connectivity index (χ0) is 25.8. The smallest absolute Gasteiger partial charge is 0.410 e. The van der Waals surface area contributed by atoms with E-state index in [1.165, 1.54) is 6.07 Å². The lowest BCUT2D eigenvalue weighted by atomic mass is 10.1. The highest BCUT2D eigenvalue weighted by molar-refractivity contribution is 6.35. The molecule has 0 aliphatic carbocycles. The maximum absolute atomic E-state index is 14.6. The lowest BCUT2D eigenvalue weighted by molar-refractivity contribution is 0.0159. The topological polar surface area (TPSA) is 76.4 Å². The average Bonchev–Trinajstić information content (AvgIpc) is 3.18. The first kappa shape index (κ1) is 24.2. The normalized spacial score (nSPS) is 16.7. The number of benzene rings is 1. The van der Waals surface area contributed by atoms with Crippen molar-refractivity contribution in [1.82, 2.24) is 24.6 Å². The second-order valence-electron chi connectivity index (χ2n) is 10.2. The minimum atomic E-state index is -0.533. The van der Waals surface area contributed by atoms with E-state index in [9.17, 15) is 9.18 Å². The van der Waals surface area contributed by atoms with Crippen molar-refractivity contribution in [2.45, 2.75) is 39.3 Å². The van der Waals surface area contributed by atoms with Gasteiger partial charge in [-0.1, -0.05) is 11.6 Å². The molecule has 3 aromatic heterocycles. The minimum Gasteiger partial charge on any atom is -0.444 e. The Kier molecular flexibility index (Phi) is 5.98. The highest BCUT2D eigenvalue weighted by atomic mass is 35.5. The maximum atomic E-state index is 14.6. The molecule has 0 N–H and O–H groups in total. The number of rotatable bonds is 2. The Labute approximate surface area is 213 Å². The largest absolute Gasteiger partial charge is 0.444 e. The van der Waals surface area contributed by atoms with Crippen LogP contribution in [0.1, 0.15) is 27.7 Å². The standard InChI is InChI=1S/C26H28ClFN6O2/c1-15-13-33(6-7-34(15)25(35)36-26(2,3)4)18-10-19-20(27)11-22(30-24(19)29-12-18)16-8-17-14-32(5)31-23(17)21(28)9-16/h8-12,14-15H,6-7,13H2,1-5H3/t15-/m0/s1. The van der Waals surface area contributed by atoms with Crippen molar-refractivity contribution in [3.63, 3.8) is 0 Å². The molecule has 0 spiro atoms. The van der Waals surface area contributed by atoms with Crippen LogP contribution in [0.2, 0.25) is 5.02 Å². The molecule has 10 heteroatoms. The number of hydrogen-bond donors (Lipinski definition) is 0. The summed E-state index contributed by atoms with van der Waals surface area (Å²) in [4.78, 5) is 25.7. The van der Waals surface area contributed by atoms with E-state index in [1.807, 2.05) is 39.8 Å². The molecule has 1 fully saturated rings. The highest BCUT2D eigenvalue weighted by Crippen LogP contribution is 2.32. The van der Waals surface area contributed by atoms with Crippen LogP contribution in [-0.2, 0) is 11.8 Å². The molecule has 1 aromatic carbocycles. The van der Waals surface area contributed by atoms with E-state index in [4.69, 9.17) is 16.3 Å². The predicted octanol–water partition coefficient (Wildman–Crippen LogP) is 5.42. The van der Waals surface area contributed by atoms with Gasteiger partial charge in [-0.2, -0.15) is 5.10 Å². The monoisotopic (exact) mass is 510 g/mol. The van der Waals surface area contributed by atoms with Crippen LogP contribution in [0.5, 0.6) is 0 Å². The van der Waals surface area contributed by atoms with E-state index < -0.39 is 11.4 Å². The number of aromatic nitrogens is 4. The van der Waals surface area contributed by atoms with Crippen molar-refractivity contribution in [3.8, 4) is 11.3 Å². The van der Waals surface area contributed by atoms with E-state index in [1.54, 1.807) is 35.1 Å². The summed E-state index contributed by atoms with van der Waals surface area (Å²) in [5.74, 6) is -0.413. The first-order valence-electron chi connectivity index (χ1n) is 11.8. The van der Waals surface area contributed by atoms with Crippen LogP contribution in [0.3, 0.4) is 0 Å². The van der Waals surface area contributed by atoms with Gasteiger partial charge in [0, 0.05) is 55.3 Å². The van der Waals surface area contributed by atoms with Crippen molar-refractivity contribution < 1.29 is 13.9 Å². The first-order chi connectivity index (χ1) is 17.0. The molecule has 5 rings (SSSR count). The van der Waals surface area contributed by atoms with E-state index >= 15 is 0 Å². The lowest BCUT2D eigenvalue weighted by Gasteiger charge is -2.41. The summed E-state index contributed by atoms with van der Waals surface area (Å²) in [6.07, 6.45) is 3.22. The molecule has 0 radical (unpaired) electrons. The second kappa shape index (κ2) is 8.89. The summed E-state index contributed by atoms with van der Waals surface area (Å²) in [7, 11) is 1.75. The summed E-state index contributed by atoms with van der Waals surface area (Å²) in [5.41, 5.74) is 2.31. The Morgan fingerprint density at radius 3 is 2.69 bits per heavy atom. The lowest BCUT2D eigenvalue weighted by Crippen LogP contribution is -2.55. The van der Waals surface area contributed by atoms with Gasteiger partial charge in [0.2, 0.25) is 0 Å². The van der Waals surface area contributed by atoms with Crippen LogP contribution >= 0.6 is 11.6 Å². The van der Waals surface area contributed by atoms with Crippen molar-refractivity contribution in [3.05, 3.63) is 47.5 Å². The van der Waals surface area contributed by atoms with Crippen LogP contribution in [-0.4, -0.2) is 62.0 Å². The summed E-state index contributed by atoms with van der Waals surface area (Å²) in [6, 6.07) is 6.92. The molecule has 0 unspecified atom stereocenters. The number of pyridine rings is 2. The number of carbonyl (C=O) groups excluding carboxylic acids is 1. The molecule has 0 saturated carbocycles. The third kappa shape index (κ3) is 4.67. The van der Waals surface area contributed by atoms with Crippen molar-refractivity contribution in [2.75, 3.05) is 24.5 Å². The van der Waals surface area contributed by atoms with E-state index in [2.05, 4.69) is 20.0 Å². The summed E-state index contributed by atoms with van der Waals surface area (Å²) >= 11 is 6.66. The average molecular weight is 511 g/mol. The Bertz CT molecular complexity index is 1480. The number of halogens is 2. The van der Waals surface area contributed by atoms with Gasteiger partial charge in [0.15, 0.2) is 11.5 Å². The number of carbonyl (C=O) groups is 1. The van der Waals surface area contributed by atoms with Gasteiger partial charge in [0.05, 0.1) is 22.6 Å². The molecule has 36 heavy (non-hydrogen) atoms. The van der Waals surface area contributed by atoms with Gasteiger partial charge in [-0.05, 0) is 52.0 Å². The number of nitrogens with zero attached hydrogens (tertiary/aromatic N) is 6. The van der Waals surface area contributed by atoms with Crippen molar-refractivity contribution in [1.29, 1.82) is 0 Å². The van der Waals surface area contributed by atoms with Crippen LogP contribution in [0.25, 0.3) is 33.2 Å². The molecular formula is C26H28ClFN6O2. The Balaban J connectivity index is 1.40. The van der Waals surface area contributed by atoms with Crippen LogP contribution < -0.4 is 4.90 Å². The Morgan fingerprint density at radius 1 is 1.19 bits per heavy atom. The highest BCUT2D eigenvalue weighted by Gasteiger charge is 2.31. The van der Waals surface area contributed by atoms with Gasteiger partial charge >= 0.3 is 6.09 Å². The van der Waals surface area contributed by atoms with Gasteiger partial charge in [0.1, 0.15) is 11.1 Å².